The maximum atomic E-state index is 12.0. The first-order chi connectivity index (χ1) is 10.1. The second kappa shape index (κ2) is 10.6. The molecule has 0 aliphatic heterocycles. The summed E-state index contributed by atoms with van der Waals surface area (Å²) in [6.07, 6.45) is 6.40. The fourth-order valence-corrected chi connectivity index (χ4v) is 2.18. The van der Waals surface area contributed by atoms with Crippen LogP contribution in [0.4, 0.5) is 8.78 Å². The Morgan fingerprint density at radius 3 is 2.29 bits per heavy atom. The normalized spacial score (nSPS) is 11.3. The molecule has 0 radical (unpaired) electrons. The zero-order chi connectivity index (χ0) is 15.5. The minimum Gasteiger partial charge on any atom is -0.435 e. The molecule has 1 N–H and O–H groups in total. The predicted molar refractivity (Wildman–Crippen MR) is 82.7 cm³/mol. The van der Waals surface area contributed by atoms with E-state index >= 15 is 0 Å². The molecular weight excluding hydrogens is 272 g/mol. The Balaban J connectivity index is 2.05. The number of unbranched alkanes of at least 4 members (excludes halogenated alkanes) is 3. The highest BCUT2D eigenvalue weighted by Crippen LogP contribution is 2.14. The van der Waals surface area contributed by atoms with Crippen molar-refractivity contribution in [2.45, 2.75) is 59.1 Å². The van der Waals surface area contributed by atoms with Gasteiger partial charge in [-0.1, -0.05) is 51.7 Å². The van der Waals surface area contributed by atoms with Gasteiger partial charge < -0.3 is 10.1 Å². The van der Waals surface area contributed by atoms with Gasteiger partial charge >= 0.3 is 6.61 Å². The minimum atomic E-state index is -2.76. The Kier molecular flexibility index (Phi) is 8.99. The lowest BCUT2D eigenvalue weighted by Gasteiger charge is -2.07. The zero-order valence-corrected chi connectivity index (χ0v) is 13.1. The lowest BCUT2D eigenvalue weighted by atomic mass is 10.0. The summed E-state index contributed by atoms with van der Waals surface area (Å²) in [6.45, 7) is 3.53. The molecule has 0 fully saturated rings. The molecule has 0 amide bonds. The number of ether oxygens (including phenoxy) is 1. The van der Waals surface area contributed by atoms with Gasteiger partial charge in [-0.05, 0) is 36.6 Å². The Bertz CT molecular complexity index is 366. The first-order valence-corrected chi connectivity index (χ1v) is 7.82. The minimum absolute atomic E-state index is 0.207. The van der Waals surface area contributed by atoms with E-state index in [0.29, 0.717) is 0 Å². The van der Waals surface area contributed by atoms with Crippen LogP contribution in [0.25, 0.3) is 0 Å². The Hall–Kier alpha value is -1.16. The van der Waals surface area contributed by atoms with Crippen LogP contribution in [0.15, 0.2) is 24.3 Å². The summed E-state index contributed by atoms with van der Waals surface area (Å²) < 4.78 is 28.3. The van der Waals surface area contributed by atoms with Gasteiger partial charge in [0, 0.05) is 6.54 Å². The summed E-state index contributed by atoms with van der Waals surface area (Å²) in [4.78, 5) is 0. The van der Waals surface area contributed by atoms with Crippen molar-refractivity contribution >= 4 is 0 Å². The van der Waals surface area contributed by atoms with E-state index in [1.165, 1.54) is 32.1 Å². The molecule has 2 nitrogen and oxygen atoms in total. The Morgan fingerprint density at radius 1 is 1.00 bits per heavy atom. The average molecular weight is 299 g/mol. The first-order valence-electron chi connectivity index (χ1n) is 7.82. The molecule has 21 heavy (non-hydrogen) atoms. The maximum Gasteiger partial charge on any atom is 0.387 e. The smallest absolute Gasteiger partial charge is 0.387 e. The van der Waals surface area contributed by atoms with Gasteiger partial charge in [-0.25, -0.2) is 0 Å². The summed E-state index contributed by atoms with van der Waals surface area (Å²) in [5, 5.41) is 3.37. The van der Waals surface area contributed by atoms with Crippen LogP contribution in [0.1, 0.15) is 51.5 Å². The van der Waals surface area contributed by atoms with Gasteiger partial charge in [-0.3, -0.25) is 0 Å². The fraction of sp³-hybridized carbons (Fsp3) is 0.647. The summed E-state index contributed by atoms with van der Waals surface area (Å²) >= 11 is 0. The van der Waals surface area contributed by atoms with Gasteiger partial charge in [0.1, 0.15) is 5.75 Å². The van der Waals surface area contributed by atoms with Crippen molar-refractivity contribution < 1.29 is 13.5 Å². The van der Waals surface area contributed by atoms with Crippen LogP contribution in [-0.4, -0.2) is 13.2 Å². The summed E-state index contributed by atoms with van der Waals surface area (Å²) in [7, 11) is 0. The fourth-order valence-electron chi connectivity index (χ4n) is 2.18. The maximum absolute atomic E-state index is 12.0. The molecule has 0 saturated carbocycles. The third-order valence-corrected chi connectivity index (χ3v) is 3.36. The highest BCUT2D eigenvalue weighted by Gasteiger charge is 2.03. The third kappa shape index (κ3) is 9.40. The summed E-state index contributed by atoms with van der Waals surface area (Å²) in [5.41, 5.74) is 1.08. The molecule has 4 heteroatoms. The SMILES string of the molecule is CC(C)CCCCCCNCc1ccc(OC(F)F)cc1. The van der Waals surface area contributed by atoms with Crippen molar-refractivity contribution in [2.24, 2.45) is 5.92 Å². The highest BCUT2D eigenvalue weighted by atomic mass is 19.3. The van der Waals surface area contributed by atoms with E-state index < -0.39 is 6.61 Å². The molecule has 0 atom stereocenters. The van der Waals surface area contributed by atoms with E-state index in [9.17, 15) is 8.78 Å². The molecular formula is C17H27F2NO. The third-order valence-electron chi connectivity index (χ3n) is 3.36. The first kappa shape index (κ1) is 17.9. The van der Waals surface area contributed by atoms with Gasteiger partial charge in [-0.2, -0.15) is 8.78 Å². The molecule has 0 aliphatic carbocycles. The number of nitrogens with one attached hydrogen (secondary N) is 1. The van der Waals surface area contributed by atoms with Crippen molar-refractivity contribution in [3.8, 4) is 5.75 Å². The second-order valence-electron chi connectivity index (χ2n) is 5.80. The van der Waals surface area contributed by atoms with Gasteiger partial charge in [0.25, 0.3) is 0 Å². The highest BCUT2D eigenvalue weighted by molar-refractivity contribution is 5.27. The topological polar surface area (TPSA) is 21.3 Å². The molecule has 1 aromatic rings. The van der Waals surface area contributed by atoms with Crippen molar-refractivity contribution in [3.05, 3.63) is 29.8 Å². The van der Waals surface area contributed by atoms with Crippen molar-refractivity contribution in [3.63, 3.8) is 0 Å². The molecule has 120 valence electrons. The second-order valence-corrected chi connectivity index (χ2v) is 5.80. The van der Waals surface area contributed by atoms with Crippen LogP contribution in [0.2, 0.25) is 0 Å². The largest absolute Gasteiger partial charge is 0.435 e. The van der Waals surface area contributed by atoms with Crippen molar-refractivity contribution in [1.29, 1.82) is 0 Å². The van der Waals surface area contributed by atoms with Crippen LogP contribution in [-0.2, 0) is 6.54 Å². The van der Waals surface area contributed by atoms with Crippen LogP contribution in [0, 0.1) is 5.92 Å². The van der Waals surface area contributed by atoms with E-state index in [2.05, 4.69) is 23.9 Å². The number of hydrogen-bond acceptors (Lipinski definition) is 2. The quantitative estimate of drug-likeness (QED) is 0.582. The molecule has 1 rings (SSSR count). The standard InChI is InChI=1S/C17H27F2NO/c1-14(2)7-5-3-4-6-12-20-13-15-8-10-16(11-9-15)21-17(18)19/h8-11,14,17,20H,3-7,12-13H2,1-2H3. The van der Waals surface area contributed by atoms with Crippen LogP contribution in [0.5, 0.6) is 5.75 Å². The van der Waals surface area contributed by atoms with Gasteiger partial charge in [0.15, 0.2) is 0 Å². The molecule has 0 bridgehead atoms. The summed E-state index contributed by atoms with van der Waals surface area (Å²) in [6, 6.07) is 6.78. The predicted octanol–water partition coefficient (Wildman–Crippen LogP) is 4.98. The lowest BCUT2D eigenvalue weighted by Crippen LogP contribution is -2.14. The van der Waals surface area contributed by atoms with E-state index in [1.54, 1.807) is 12.1 Å². The molecule has 0 saturated heterocycles. The number of alkyl halides is 2. The monoisotopic (exact) mass is 299 g/mol. The van der Waals surface area contributed by atoms with E-state index in [-0.39, 0.29) is 5.75 Å². The molecule has 0 heterocycles. The number of halogens is 2. The number of benzene rings is 1. The Morgan fingerprint density at radius 2 is 1.67 bits per heavy atom. The average Bonchev–Trinajstić information content (AvgIpc) is 2.42. The van der Waals surface area contributed by atoms with Gasteiger partial charge in [-0.15, -0.1) is 0 Å². The molecule has 1 aromatic carbocycles. The molecule has 0 aliphatic rings. The van der Waals surface area contributed by atoms with Crippen molar-refractivity contribution in [1.82, 2.24) is 5.32 Å². The van der Waals surface area contributed by atoms with Crippen molar-refractivity contribution in [2.75, 3.05) is 6.54 Å². The summed E-state index contributed by atoms with van der Waals surface area (Å²) in [5.74, 6) is 1.01. The van der Waals surface area contributed by atoms with Gasteiger partial charge in [0.2, 0.25) is 0 Å². The van der Waals surface area contributed by atoms with Crippen LogP contribution < -0.4 is 10.1 Å². The van der Waals surface area contributed by atoms with Crippen LogP contribution >= 0.6 is 0 Å². The number of hydrogen-bond donors (Lipinski definition) is 1. The molecule has 0 spiro atoms. The molecule has 0 unspecified atom stereocenters. The molecule has 0 aromatic heterocycles. The van der Waals surface area contributed by atoms with E-state index in [0.717, 1.165) is 24.6 Å². The zero-order valence-electron chi connectivity index (χ0n) is 13.1. The Labute approximate surface area is 126 Å². The van der Waals surface area contributed by atoms with Crippen LogP contribution in [0.3, 0.4) is 0 Å². The number of rotatable bonds is 11. The van der Waals surface area contributed by atoms with Gasteiger partial charge in [0.05, 0.1) is 0 Å². The van der Waals surface area contributed by atoms with E-state index in [4.69, 9.17) is 0 Å². The lowest BCUT2D eigenvalue weighted by molar-refractivity contribution is -0.0498. The van der Waals surface area contributed by atoms with E-state index in [1.807, 2.05) is 12.1 Å².